The fraction of sp³-hybridized carbons (Fsp3) is 0.143. The summed E-state index contributed by atoms with van der Waals surface area (Å²) in [6, 6.07) is 7.37. The minimum absolute atomic E-state index is 0.0381. The number of nitrogens with one attached hydrogen (secondary N) is 1. The van der Waals surface area contributed by atoms with Gasteiger partial charge in [-0.15, -0.1) is 11.3 Å². The molecule has 0 amide bonds. The van der Waals surface area contributed by atoms with Gasteiger partial charge in [0.15, 0.2) is 0 Å². The molecule has 0 aliphatic carbocycles. The third kappa shape index (κ3) is 3.09. The van der Waals surface area contributed by atoms with E-state index in [0.29, 0.717) is 15.9 Å². The third-order valence-electron chi connectivity index (χ3n) is 3.08. The van der Waals surface area contributed by atoms with Crippen molar-refractivity contribution < 1.29 is 0 Å². The predicted octanol–water partition coefficient (Wildman–Crippen LogP) is 5.82. The number of benzene rings is 1. The number of rotatable bonds is 3. The topological polar surface area (TPSA) is 37.8 Å². The molecule has 1 unspecified atom stereocenters. The van der Waals surface area contributed by atoms with Crippen molar-refractivity contribution in [2.24, 2.45) is 0 Å². The fourth-order valence-electron chi connectivity index (χ4n) is 2.07. The molecule has 1 atom stereocenters. The van der Waals surface area contributed by atoms with Gasteiger partial charge in [0.25, 0.3) is 0 Å². The Hall–Kier alpha value is -1.07. The summed E-state index contributed by atoms with van der Waals surface area (Å²) in [4.78, 5) is 9.32. The second-order valence-corrected chi connectivity index (χ2v) is 6.59. The second kappa shape index (κ2) is 5.97. The Balaban J connectivity index is 1.96. The van der Waals surface area contributed by atoms with Gasteiger partial charge in [0.2, 0.25) is 5.28 Å². The lowest BCUT2D eigenvalue weighted by Gasteiger charge is -2.17. The number of fused-ring (bicyclic) bond motifs is 1. The minimum Gasteiger partial charge on any atom is -0.363 e. The maximum atomic E-state index is 6.24. The van der Waals surface area contributed by atoms with E-state index in [1.54, 1.807) is 6.07 Å². The third-order valence-corrected chi connectivity index (χ3v) is 4.62. The number of nitrogens with zero attached hydrogens (tertiary/aromatic N) is 2. The normalized spacial score (nSPS) is 12.6. The summed E-state index contributed by atoms with van der Waals surface area (Å²) in [6.45, 7) is 2.00. The molecule has 1 N–H and O–H groups in total. The predicted molar refractivity (Wildman–Crippen MR) is 90.9 cm³/mol. The zero-order chi connectivity index (χ0) is 15.0. The van der Waals surface area contributed by atoms with E-state index >= 15 is 0 Å². The van der Waals surface area contributed by atoms with Gasteiger partial charge >= 0.3 is 0 Å². The Morgan fingerprint density at radius 2 is 1.95 bits per heavy atom. The molecule has 2 aromatic heterocycles. The maximum Gasteiger partial charge on any atom is 0.225 e. The number of halogens is 3. The first-order valence-electron chi connectivity index (χ1n) is 6.17. The first-order chi connectivity index (χ1) is 10.0. The van der Waals surface area contributed by atoms with E-state index in [1.165, 1.54) is 11.3 Å². The molecule has 7 heteroatoms. The molecule has 0 saturated heterocycles. The van der Waals surface area contributed by atoms with Crippen molar-refractivity contribution in [3.05, 3.63) is 50.5 Å². The highest BCUT2D eigenvalue weighted by Crippen LogP contribution is 2.32. The van der Waals surface area contributed by atoms with Gasteiger partial charge in [0, 0.05) is 10.0 Å². The number of anilines is 1. The number of aromatic nitrogens is 2. The molecular formula is C14H10Cl3N3S. The molecule has 0 fully saturated rings. The lowest BCUT2D eigenvalue weighted by Crippen LogP contribution is -2.09. The smallest absolute Gasteiger partial charge is 0.225 e. The van der Waals surface area contributed by atoms with Gasteiger partial charge in [-0.1, -0.05) is 29.3 Å². The summed E-state index contributed by atoms with van der Waals surface area (Å²) >= 11 is 19.7. The lowest BCUT2D eigenvalue weighted by atomic mass is 10.1. The van der Waals surface area contributed by atoms with Gasteiger partial charge in [-0.25, -0.2) is 9.97 Å². The van der Waals surface area contributed by atoms with E-state index in [4.69, 9.17) is 34.8 Å². The van der Waals surface area contributed by atoms with E-state index in [9.17, 15) is 0 Å². The number of hydrogen-bond donors (Lipinski definition) is 1. The standard InChI is InChI=1S/C14H10Cl3N3S/c1-7(9-3-2-8(15)6-11(9)16)18-12-10-4-5-21-13(10)20-14(17)19-12/h2-7H,1H3,(H,18,19,20). The Kier molecular flexibility index (Phi) is 4.22. The zero-order valence-electron chi connectivity index (χ0n) is 10.9. The lowest BCUT2D eigenvalue weighted by molar-refractivity contribution is 0.876. The van der Waals surface area contributed by atoms with E-state index in [0.717, 1.165) is 15.8 Å². The monoisotopic (exact) mass is 357 g/mol. The van der Waals surface area contributed by atoms with Gasteiger partial charge in [-0.05, 0) is 47.7 Å². The van der Waals surface area contributed by atoms with Crippen LogP contribution in [-0.2, 0) is 0 Å². The molecular weight excluding hydrogens is 349 g/mol. The van der Waals surface area contributed by atoms with Crippen LogP contribution < -0.4 is 5.32 Å². The Morgan fingerprint density at radius 1 is 1.14 bits per heavy atom. The van der Waals surface area contributed by atoms with Crippen molar-refractivity contribution in [3.8, 4) is 0 Å². The number of hydrogen-bond acceptors (Lipinski definition) is 4. The van der Waals surface area contributed by atoms with Crippen LogP contribution in [0.2, 0.25) is 15.3 Å². The summed E-state index contributed by atoms with van der Waals surface area (Å²) in [5.74, 6) is 0.699. The molecule has 0 radical (unpaired) electrons. The minimum atomic E-state index is -0.0381. The van der Waals surface area contributed by atoms with Crippen molar-refractivity contribution >= 4 is 62.2 Å². The van der Waals surface area contributed by atoms with Crippen LogP contribution in [0.4, 0.5) is 5.82 Å². The molecule has 21 heavy (non-hydrogen) atoms. The van der Waals surface area contributed by atoms with Crippen LogP contribution in [0, 0.1) is 0 Å². The van der Waals surface area contributed by atoms with Gasteiger partial charge in [-0.2, -0.15) is 0 Å². The highest BCUT2D eigenvalue weighted by atomic mass is 35.5. The van der Waals surface area contributed by atoms with E-state index < -0.39 is 0 Å². The van der Waals surface area contributed by atoms with Crippen LogP contribution in [0.25, 0.3) is 10.2 Å². The highest BCUT2D eigenvalue weighted by Gasteiger charge is 2.14. The molecule has 108 valence electrons. The number of thiophene rings is 1. The van der Waals surface area contributed by atoms with E-state index in [-0.39, 0.29) is 11.3 Å². The summed E-state index contributed by atoms with van der Waals surface area (Å²) in [5.41, 5.74) is 0.944. The Morgan fingerprint density at radius 3 is 2.71 bits per heavy atom. The van der Waals surface area contributed by atoms with Crippen LogP contribution in [0.3, 0.4) is 0 Å². The largest absolute Gasteiger partial charge is 0.363 e. The summed E-state index contributed by atoms with van der Waals surface area (Å²) in [6.07, 6.45) is 0. The van der Waals surface area contributed by atoms with Crippen LogP contribution in [0.5, 0.6) is 0 Å². The highest BCUT2D eigenvalue weighted by molar-refractivity contribution is 7.16. The van der Waals surface area contributed by atoms with Gasteiger partial charge in [0.1, 0.15) is 10.6 Å². The maximum absolute atomic E-state index is 6.24. The van der Waals surface area contributed by atoms with Crippen molar-refractivity contribution in [1.29, 1.82) is 0 Å². The van der Waals surface area contributed by atoms with Crippen molar-refractivity contribution in [2.75, 3.05) is 5.32 Å². The average Bonchev–Trinajstić information content (AvgIpc) is 2.86. The second-order valence-electron chi connectivity index (χ2n) is 4.51. The Labute approximate surface area is 140 Å². The fourth-order valence-corrected chi connectivity index (χ4v) is 3.63. The molecule has 0 aliphatic rings. The first kappa shape index (κ1) is 14.9. The average molecular weight is 359 g/mol. The molecule has 3 nitrogen and oxygen atoms in total. The van der Waals surface area contributed by atoms with Crippen molar-refractivity contribution in [2.45, 2.75) is 13.0 Å². The summed E-state index contributed by atoms with van der Waals surface area (Å²) in [5, 5.41) is 7.69. The zero-order valence-corrected chi connectivity index (χ0v) is 14.0. The molecule has 0 bridgehead atoms. The molecule has 3 rings (SSSR count). The van der Waals surface area contributed by atoms with Crippen LogP contribution in [0.1, 0.15) is 18.5 Å². The van der Waals surface area contributed by atoms with Crippen LogP contribution >= 0.6 is 46.1 Å². The van der Waals surface area contributed by atoms with Crippen molar-refractivity contribution in [1.82, 2.24) is 9.97 Å². The van der Waals surface area contributed by atoms with E-state index in [1.807, 2.05) is 30.5 Å². The summed E-state index contributed by atoms with van der Waals surface area (Å²) < 4.78 is 0. The quantitative estimate of drug-likeness (QED) is 0.599. The molecule has 3 aromatic rings. The van der Waals surface area contributed by atoms with E-state index in [2.05, 4.69) is 15.3 Å². The van der Waals surface area contributed by atoms with Gasteiger partial charge in [-0.3, -0.25) is 0 Å². The van der Waals surface area contributed by atoms with Crippen molar-refractivity contribution in [3.63, 3.8) is 0 Å². The molecule has 1 aromatic carbocycles. The SMILES string of the molecule is CC(Nc1nc(Cl)nc2sccc12)c1ccc(Cl)cc1Cl. The molecule has 0 aliphatic heterocycles. The van der Waals surface area contributed by atoms with Crippen LogP contribution in [0.15, 0.2) is 29.6 Å². The molecule has 0 spiro atoms. The van der Waals surface area contributed by atoms with Gasteiger partial charge in [0.05, 0.1) is 11.4 Å². The van der Waals surface area contributed by atoms with Crippen LogP contribution in [-0.4, -0.2) is 9.97 Å². The molecule has 2 heterocycles. The van der Waals surface area contributed by atoms with Gasteiger partial charge < -0.3 is 5.32 Å². The summed E-state index contributed by atoms with van der Waals surface area (Å²) in [7, 11) is 0. The first-order valence-corrected chi connectivity index (χ1v) is 8.18. The molecule has 0 saturated carbocycles. The Bertz CT molecular complexity index is 803.